The third kappa shape index (κ3) is 3.69. The van der Waals surface area contributed by atoms with Crippen LogP contribution in [0.3, 0.4) is 0 Å². The number of nitrogens with zero attached hydrogens (tertiary/aromatic N) is 2. The Morgan fingerprint density at radius 2 is 2.03 bits per heavy atom. The van der Waals surface area contributed by atoms with Crippen LogP contribution in [0.4, 0.5) is 5.69 Å². The van der Waals surface area contributed by atoms with E-state index in [9.17, 15) is 19.2 Å². The molecule has 0 saturated carbocycles. The van der Waals surface area contributed by atoms with Gasteiger partial charge in [0.1, 0.15) is 0 Å². The molecule has 30 heavy (non-hydrogen) atoms. The van der Waals surface area contributed by atoms with E-state index in [0.717, 1.165) is 6.42 Å². The average molecular weight is 413 g/mol. The number of rotatable bonds is 8. The lowest BCUT2D eigenvalue weighted by Crippen LogP contribution is -2.68. The van der Waals surface area contributed by atoms with Gasteiger partial charge in [0.25, 0.3) is 11.8 Å². The van der Waals surface area contributed by atoms with Gasteiger partial charge in [-0.25, -0.2) is 4.79 Å². The van der Waals surface area contributed by atoms with E-state index in [1.165, 1.54) is 15.9 Å². The Kier molecular flexibility index (Phi) is 6.24. The van der Waals surface area contributed by atoms with Crippen molar-refractivity contribution < 1.29 is 23.9 Å². The summed E-state index contributed by atoms with van der Waals surface area (Å²) in [5.74, 6) is -1.44. The van der Waals surface area contributed by atoms with Crippen LogP contribution in [0.15, 0.2) is 36.9 Å². The molecular formula is C22H27N3O5. The molecule has 1 aromatic rings. The number of para-hydroxylation sites is 1. The molecule has 0 bridgehead atoms. The van der Waals surface area contributed by atoms with Gasteiger partial charge in [-0.2, -0.15) is 0 Å². The van der Waals surface area contributed by atoms with Crippen LogP contribution in [-0.4, -0.2) is 54.0 Å². The molecule has 1 atom stereocenters. The third-order valence-electron chi connectivity index (χ3n) is 5.39. The number of fused-ring (bicyclic) bond motifs is 3. The van der Waals surface area contributed by atoms with Crippen molar-refractivity contribution in [2.45, 2.75) is 38.8 Å². The molecule has 0 aliphatic carbocycles. The number of hydrogen-bond donors (Lipinski definition) is 1. The summed E-state index contributed by atoms with van der Waals surface area (Å²) in [4.78, 5) is 53.9. The zero-order valence-electron chi connectivity index (χ0n) is 17.3. The van der Waals surface area contributed by atoms with Gasteiger partial charge < -0.3 is 15.0 Å². The van der Waals surface area contributed by atoms with Crippen LogP contribution in [0, 0.1) is 5.92 Å². The standard InChI is InChI=1S/C22H27N3O5/c1-4-13-24-20(28)16-7-5-6-8-17(16)25-19(27)9-11-22(24,25)21(29)30-14-18(26)23-12-10-15(2)3/h4-8,15H,1,9-14H2,2-3H3,(H,23,26)/t22-/m1/s1. The van der Waals surface area contributed by atoms with Crippen LogP contribution in [-0.2, 0) is 19.1 Å². The van der Waals surface area contributed by atoms with E-state index in [1.54, 1.807) is 24.3 Å². The van der Waals surface area contributed by atoms with Gasteiger partial charge in [0, 0.05) is 25.9 Å². The lowest BCUT2D eigenvalue weighted by molar-refractivity contribution is -0.159. The number of hydrogen-bond acceptors (Lipinski definition) is 5. The molecule has 1 aromatic carbocycles. The van der Waals surface area contributed by atoms with Crippen LogP contribution in [0.1, 0.15) is 43.5 Å². The number of ether oxygens (including phenoxy) is 1. The highest BCUT2D eigenvalue weighted by Gasteiger charge is 2.61. The SMILES string of the molecule is C=CCN1C(=O)c2ccccc2N2C(=O)CC[C@@]12C(=O)OCC(=O)NCCC(C)C. The second kappa shape index (κ2) is 8.69. The van der Waals surface area contributed by atoms with Gasteiger partial charge in [-0.05, 0) is 24.5 Å². The van der Waals surface area contributed by atoms with Crippen LogP contribution in [0.2, 0.25) is 0 Å². The van der Waals surface area contributed by atoms with Gasteiger partial charge in [0.05, 0.1) is 11.3 Å². The lowest BCUT2D eigenvalue weighted by atomic mass is 9.96. The number of anilines is 1. The second-order valence-corrected chi connectivity index (χ2v) is 7.88. The van der Waals surface area contributed by atoms with Crippen molar-refractivity contribution in [2.75, 3.05) is 24.6 Å². The van der Waals surface area contributed by atoms with E-state index in [4.69, 9.17) is 4.74 Å². The van der Waals surface area contributed by atoms with Gasteiger partial charge in [-0.3, -0.25) is 19.3 Å². The Balaban J connectivity index is 1.87. The molecule has 2 aliphatic rings. The summed E-state index contributed by atoms with van der Waals surface area (Å²) < 4.78 is 5.32. The summed E-state index contributed by atoms with van der Waals surface area (Å²) >= 11 is 0. The summed E-state index contributed by atoms with van der Waals surface area (Å²) in [5, 5.41) is 2.71. The van der Waals surface area contributed by atoms with Crippen LogP contribution in [0.5, 0.6) is 0 Å². The van der Waals surface area contributed by atoms with E-state index in [1.807, 2.05) is 13.8 Å². The van der Waals surface area contributed by atoms with Gasteiger partial charge in [0.15, 0.2) is 6.61 Å². The third-order valence-corrected chi connectivity index (χ3v) is 5.39. The predicted octanol–water partition coefficient (Wildman–Crippen LogP) is 1.86. The van der Waals surface area contributed by atoms with Gasteiger partial charge >= 0.3 is 5.97 Å². The predicted molar refractivity (Wildman–Crippen MR) is 111 cm³/mol. The largest absolute Gasteiger partial charge is 0.452 e. The summed E-state index contributed by atoms with van der Waals surface area (Å²) in [6.45, 7) is 7.84. The van der Waals surface area contributed by atoms with E-state index in [0.29, 0.717) is 23.7 Å². The molecule has 0 aromatic heterocycles. The summed E-state index contributed by atoms with van der Waals surface area (Å²) in [7, 11) is 0. The fourth-order valence-electron chi connectivity index (χ4n) is 3.93. The molecular weight excluding hydrogens is 386 g/mol. The molecule has 1 fully saturated rings. The van der Waals surface area contributed by atoms with Gasteiger partial charge in [-0.15, -0.1) is 6.58 Å². The minimum absolute atomic E-state index is 0.0621. The smallest absolute Gasteiger partial charge is 0.354 e. The van der Waals surface area contributed by atoms with Crippen LogP contribution in [0.25, 0.3) is 0 Å². The number of esters is 1. The van der Waals surface area contributed by atoms with Crippen molar-refractivity contribution in [3.8, 4) is 0 Å². The van der Waals surface area contributed by atoms with Crippen molar-refractivity contribution in [1.29, 1.82) is 0 Å². The normalized spacial score (nSPS) is 20.1. The van der Waals surface area contributed by atoms with Crippen molar-refractivity contribution in [3.63, 3.8) is 0 Å². The molecule has 3 rings (SSSR count). The summed E-state index contributed by atoms with van der Waals surface area (Å²) in [6, 6.07) is 6.68. The number of carbonyl (C=O) groups is 4. The fraction of sp³-hybridized carbons (Fsp3) is 0.455. The summed E-state index contributed by atoms with van der Waals surface area (Å²) in [6.07, 6.45) is 2.49. The highest BCUT2D eigenvalue weighted by Crippen LogP contribution is 2.44. The molecule has 3 amide bonds. The molecule has 0 unspecified atom stereocenters. The molecule has 2 heterocycles. The maximum atomic E-state index is 13.2. The number of carbonyl (C=O) groups excluding carboxylic acids is 4. The van der Waals surface area contributed by atoms with E-state index in [2.05, 4.69) is 11.9 Å². The zero-order chi connectivity index (χ0) is 21.9. The number of amides is 3. The first-order valence-electron chi connectivity index (χ1n) is 10.1. The fourth-order valence-corrected chi connectivity index (χ4v) is 3.93. The molecule has 8 heteroatoms. The van der Waals surface area contributed by atoms with E-state index in [-0.39, 0.29) is 31.2 Å². The van der Waals surface area contributed by atoms with Crippen LogP contribution >= 0.6 is 0 Å². The van der Waals surface area contributed by atoms with E-state index >= 15 is 0 Å². The average Bonchev–Trinajstić information content (AvgIpc) is 3.07. The highest BCUT2D eigenvalue weighted by atomic mass is 16.5. The maximum Gasteiger partial charge on any atom is 0.354 e. The van der Waals surface area contributed by atoms with Crippen molar-refractivity contribution >= 4 is 29.4 Å². The quantitative estimate of drug-likeness (QED) is 0.518. The molecule has 1 saturated heterocycles. The molecule has 2 aliphatic heterocycles. The summed E-state index contributed by atoms with van der Waals surface area (Å²) in [5.41, 5.74) is -0.900. The molecule has 1 N–H and O–H groups in total. The van der Waals surface area contributed by atoms with Gasteiger partial charge in [-0.1, -0.05) is 32.1 Å². The molecule has 0 radical (unpaired) electrons. The van der Waals surface area contributed by atoms with E-state index < -0.39 is 24.1 Å². The monoisotopic (exact) mass is 413 g/mol. The minimum Gasteiger partial charge on any atom is -0.452 e. The highest BCUT2D eigenvalue weighted by molar-refractivity contribution is 6.15. The number of benzene rings is 1. The Morgan fingerprint density at radius 3 is 2.73 bits per heavy atom. The Bertz CT molecular complexity index is 881. The molecule has 0 spiro atoms. The second-order valence-electron chi connectivity index (χ2n) is 7.88. The minimum atomic E-state index is -1.62. The van der Waals surface area contributed by atoms with Crippen LogP contribution < -0.4 is 10.2 Å². The molecule has 160 valence electrons. The lowest BCUT2D eigenvalue weighted by Gasteiger charge is -2.47. The first kappa shape index (κ1) is 21.5. The Hall–Kier alpha value is -3.16. The van der Waals surface area contributed by atoms with Crippen molar-refractivity contribution in [2.24, 2.45) is 5.92 Å². The number of nitrogens with one attached hydrogen (secondary N) is 1. The maximum absolute atomic E-state index is 13.2. The first-order chi connectivity index (χ1) is 14.3. The Labute approximate surface area is 175 Å². The van der Waals surface area contributed by atoms with Crippen molar-refractivity contribution in [1.82, 2.24) is 10.2 Å². The zero-order valence-corrected chi connectivity index (χ0v) is 17.3. The topological polar surface area (TPSA) is 96.0 Å². The van der Waals surface area contributed by atoms with Crippen molar-refractivity contribution in [3.05, 3.63) is 42.5 Å². The molecule has 8 nitrogen and oxygen atoms in total. The first-order valence-corrected chi connectivity index (χ1v) is 10.1. The Morgan fingerprint density at radius 1 is 1.30 bits per heavy atom. The van der Waals surface area contributed by atoms with Gasteiger partial charge in [0.2, 0.25) is 11.6 Å².